The number of nitrogen functional groups attached to an aromatic ring is 1. The molecule has 0 aliphatic carbocycles. The molecule has 2 N–H and O–H groups in total. The lowest BCUT2D eigenvalue weighted by Gasteiger charge is -2.06. The second-order valence-electron chi connectivity index (χ2n) is 4.00. The van der Waals surface area contributed by atoms with Gasteiger partial charge in [0, 0.05) is 32.5 Å². The van der Waals surface area contributed by atoms with Gasteiger partial charge in [-0.15, -0.1) is 0 Å². The molecular formula is C11H16BrNOS. The average Bonchev–Trinajstić information content (AvgIpc) is 2.10. The van der Waals surface area contributed by atoms with Gasteiger partial charge < -0.3 is 5.73 Å². The van der Waals surface area contributed by atoms with Gasteiger partial charge in [-0.2, -0.15) is 0 Å². The van der Waals surface area contributed by atoms with Crippen LogP contribution in [0.2, 0.25) is 0 Å². The number of hydrogen-bond donors (Lipinski definition) is 1. The number of benzene rings is 1. The van der Waals surface area contributed by atoms with Gasteiger partial charge in [-0.25, -0.2) is 0 Å². The van der Waals surface area contributed by atoms with Crippen molar-refractivity contribution in [2.45, 2.75) is 19.6 Å². The van der Waals surface area contributed by atoms with Crippen molar-refractivity contribution in [2.24, 2.45) is 5.92 Å². The minimum atomic E-state index is -0.787. The van der Waals surface area contributed by atoms with Crippen molar-refractivity contribution in [3.63, 3.8) is 0 Å². The monoisotopic (exact) mass is 289 g/mol. The fourth-order valence-corrected chi connectivity index (χ4v) is 2.96. The van der Waals surface area contributed by atoms with Gasteiger partial charge in [-0.05, 0) is 39.5 Å². The molecule has 1 rings (SSSR count). The zero-order valence-corrected chi connectivity index (χ0v) is 11.4. The van der Waals surface area contributed by atoms with E-state index < -0.39 is 10.8 Å². The summed E-state index contributed by atoms with van der Waals surface area (Å²) in [5.41, 5.74) is 7.49. The van der Waals surface area contributed by atoms with Crippen LogP contribution in [0.1, 0.15) is 19.4 Å². The SMILES string of the molecule is CC(C)CS(=O)Cc1ccc(Br)c(N)c1. The Balaban J connectivity index is 2.65. The number of anilines is 1. The number of nitrogens with two attached hydrogens (primary N) is 1. The highest BCUT2D eigenvalue weighted by molar-refractivity contribution is 9.10. The topological polar surface area (TPSA) is 43.1 Å². The minimum Gasteiger partial charge on any atom is -0.398 e. The standard InChI is InChI=1S/C11H16BrNOS/c1-8(2)6-15(14)7-9-3-4-10(12)11(13)5-9/h3-5,8H,6-7,13H2,1-2H3. The molecule has 15 heavy (non-hydrogen) atoms. The molecule has 1 unspecified atom stereocenters. The largest absolute Gasteiger partial charge is 0.398 e. The van der Waals surface area contributed by atoms with Crippen molar-refractivity contribution in [2.75, 3.05) is 11.5 Å². The van der Waals surface area contributed by atoms with E-state index in [2.05, 4.69) is 29.8 Å². The van der Waals surface area contributed by atoms with Gasteiger partial charge in [-0.1, -0.05) is 19.9 Å². The number of hydrogen-bond acceptors (Lipinski definition) is 2. The quantitative estimate of drug-likeness (QED) is 0.866. The molecule has 0 bridgehead atoms. The van der Waals surface area contributed by atoms with E-state index >= 15 is 0 Å². The highest BCUT2D eigenvalue weighted by atomic mass is 79.9. The maximum atomic E-state index is 11.7. The van der Waals surface area contributed by atoms with Crippen molar-refractivity contribution >= 4 is 32.4 Å². The maximum absolute atomic E-state index is 11.7. The zero-order chi connectivity index (χ0) is 11.4. The molecule has 2 nitrogen and oxygen atoms in total. The molecule has 0 saturated heterocycles. The molecule has 0 aliphatic heterocycles. The molecule has 0 heterocycles. The summed E-state index contributed by atoms with van der Waals surface area (Å²) in [6.07, 6.45) is 0. The number of halogens is 1. The Kier molecular flexibility index (Phi) is 4.80. The van der Waals surface area contributed by atoms with Crippen LogP contribution in [0.15, 0.2) is 22.7 Å². The van der Waals surface area contributed by atoms with Crippen molar-refractivity contribution in [1.82, 2.24) is 0 Å². The summed E-state index contributed by atoms with van der Waals surface area (Å²) in [4.78, 5) is 0. The lowest BCUT2D eigenvalue weighted by atomic mass is 10.2. The Hall–Kier alpha value is -0.350. The van der Waals surface area contributed by atoms with Crippen molar-refractivity contribution in [1.29, 1.82) is 0 Å². The van der Waals surface area contributed by atoms with Crippen LogP contribution in [0.4, 0.5) is 5.69 Å². The van der Waals surface area contributed by atoms with E-state index in [1.165, 1.54) is 0 Å². The smallest absolute Gasteiger partial charge is 0.0486 e. The molecule has 0 aliphatic rings. The fraction of sp³-hybridized carbons (Fsp3) is 0.455. The third kappa shape index (κ3) is 4.34. The molecule has 1 aromatic carbocycles. The van der Waals surface area contributed by atoms with Crippen LogP contribution in [-0.4, -0.2) is 9.96 Å². The minimum absolute atomic E-state index is 0.471. The average molecular weight is 290 g/mol. The molecular weight excluding hydrogens is 274 g/mol. The first-order chi connectivity index (χ1) is 6.99. The predicted octanol–water partition coefficient (Wildman–Crippen LogP) is 2.94. The molecule has 0 saturated carbocycles. The highest BCUT2D eigenvalue weighted by Crippen LogP contribution is 2.21. The van der Waals surface area contributed by atoms with E-state index in [1.807, 2.05) is 18.2 Å². The van der Waals surface area contributed by atoms with Crippen LogP contribution in [0.3, 0.4) is 0 Å². The molecule has 0 spiro atoms. The maximum Gasteiger partial charge on any atom is 0.0486 e. The van der Waals surface area contributed by atoms with Gasteiger partial charge in [0.25, 0.3) is 0 Å². The van der Waals surface area contributed by atoms with E-state index in [0.717, 1.165) is 15.8 Å². The van der Waals surface area contributed by atoms with Crippen LogP contribution in [-0.2, 0) is 16.6 Å². The van der Waals surface area contributed by atoms with Gasteiger partial charge in [0.05, 0.1) is 0 Å². The summed E-state index contributed by atoms with van der Waals surface area (Å²) in [5, 5.41) is 0. The first-order valence-electron chi connectivity index (χ1n) is 4.88. The number of rotatable bonds is 4. The van der Waals surface area contributed by atoms with Gasteiger partial charge in [0.15, 0.2) is 0 Å². The van der Waals surface area contributed by atoms with Crippen LogP contribution in [0, 0.1) is 5.92 Å². The van der Waals surface area contributed by atoms with E-state index in [4.69, 9.17) is 5.73 Å². The van der Waals surface area contributed by atoms with Crippen molar-refractivity contribution in [3.8, 4) is 0 Å². The first kappa shape index (κ1) is 12.7. The summed E-state index contributed by atoms with van der Waals surface area (Å²) in [5.74, 6) is 1.81. The van der Waals surface area contributed by atoms with Crippen LogP contribution >= 0.6 is 15.9 Å². The van der Waals surface area contributed by atoms with E-state index in [1.54, 1.807) is 0 Å². The molecule has 0 amide bonds. The summed E-state index contributed by atoms with van der Waals surface area (Å²) < 4.78 is 12.6. The fourth-order valence-electron chi connectivity index (χ4n) is 1.30. The third-order valence-electron chi connectivity index (χ3n) is 1.91. The summed E-state index contributed by atoms with van der Waals surface area (Å²) in [7, 11) is -0.787. The van der Waals surface area contributed by atoms with Crippen LogP contribution in [0.5, 0.6) is 0 Å². The predicted molar refractivity (Wildman–Crippen MR) is 70.1 cm³/mol. The van der Waals surface area contributed by atoms with E-state index in [0.29, 0.717) is 17.4 Å². The Morgan fingerprint density at radius 3 is 2.67 bits per heavy atom. The second kappa shape index (κ2) is 5.66. The molecule has 1 aromatic rings. The highest BCUT2D eigenvalue weighted by Gasteiger charge is 2.05. The molecule has 0 radical (unpaired) electrons. The van der Waals surface area contributed by atoms with Gasteiger partial charge in [0.2, 0.25) is 0 Å². The third-order valence-corrected chi connectivity index (χ3v) is 4.32. The molecule has 0 aromatic heterocycles. The van der Waals surface area contributed by atoms with Gasteiger partial charge in [0.1, 0.15) is 0 Å². The molecule has 84 valence electrons. The van der Waals surface area contributed by atoms with Crippen molar-refractivity contribution in [3.05, 3.63) is 28.2 Å². The normalized spacial score (nSPS) is 13.1. The lowest BCUT2D eigenvalue weighted by Crippen LogP contribution is -2.06. The summed E-state index contributed by atoms with van der Waals surface area (Å²) in [6, 6.07) is 5.73. The van der Waals surface area contributed by atoms with Crippen molar-refractivity contribution < 1.29 is 4.21 Å². The van der Waals surface area contributed by atoms with Gasteiger partial charge >= 0.3 is 0 Å². The summed E-state index contributed by atoms with van der Waals surface area (Å²) >= 11 is 3.34. The molecule has 0 fully saturated rings. The Morgan fingerprint density at radius 2 is 2.13 bits per heavy atom. The molecule has 4 heteroatoms. The Labute approximate surface area is 102 Å². The van der Waals surface area contributed by atoms with Gasteiger partial charge in [-0.3, -0.25) is 4.21 Å². The lowest BCUT2D eigenvalue weighted by molar-refractivity contribution is 0.664. The van der Waals surface area contributed by atoms with Crippen LogP contribution in [0.25, 0.3) is 0 Å². The van der Waals surface area contributed by atoms with E-state index in [9.17, 15) is 4.21 Å². The Morgan fingerprint density at radius 1 is 1.47 bits per heavy atom. The Bertz CT molecular complexity index is 366. The second-order valence-corrected chi connectivity index (χ2v) is 6.36. The molecule has 1 atom stereocenters. The summed E-state index contributed by atoms with van der Waals surface area (Å²) in [6.45, 7) is 4.15. The zero-order valence-electron chi connectivity index (χ0n) is 9.00. The van der Waals surface area contributed by atoms with Crippen LogP contribution < -0.4 is 5.73 Å². The van der Waals surface area contributed by atoms with E-state index in [-0.39, 0.29) is 0 Å². The first-order valence-corrected chi connectivity index (χ1v) is 7.16.